The quantitative estimate of drug-likeness (QED) is 0.387. The lowest BCUT2D eigenvalue weighted by Crippen LogP contribution is -2.57. The number of carboxylic acids is 1. The van der Waals surface area contributed by atoms with Crippen LogP contribution in [-0.4, -0.2) is 86.6 Å². The largest absolute Gasteiger partial charge is 0.481 e. The Morgan fingerprint density at radius 1 is 1.50 bits per heavy atom. The maximum atomic E-state index is 13.5. The Hall–Kier alpha value is -1.45. The average molecular weight is 459 g/mol. The molecule has 0 aliphatic carbocycles. The van der Waals surface area contributed by atoms with Gasteiger partial charge in [0.2, 0.25) is 11.8 Å². The maximum absolute atomic E-state index is 13.5. The zero-order chi connectivity index (χ0) is 20.6. The Kier molecular flexibility index (Phi) is 6.17. The van der Waals surface area contributed by atoms with Crippen molar-refractivity contribution in [2.24, 2.45) is 11.8 Å². The van der Waals surface area contributed by atoms with Crippen LogP contribution in [0.15, 0.2) is 12.7 Å². The van der Waals surface area contributed by atoms with Crippen molar-refractivity contribution in [2.45, 2.75) is 48.8 Å². The monoisotopic (exact) mass is 458 g/mol. The van der Waals surface area contributed by atoms with Gasteiger partial charge >= 0.3 is 5.97 Å². The van der Waals surface area contributed by atoms with Crippen LogP contribution in [-0.2, 0) is 19.1 Å². The lowest BCUT2D eigenvalue weighted by Gasteiger charge is -2.36. The highest BCUT2D eigenvalue weighted by Crippen LogP contribution is 2.60. The number of alkyl halides is 1. The van der Waals surface area contributed by atoms with Gasteiger partial charge in [0.15, 0.2) is 0 Å². The van der Waals surface area contributed by atoms with E-state index < -0.39 is 41.5 Å². The number of carbonyl (C=O) groups excluding carboxylic acids is 2. The fourth-order valence-electron chi connectivity index (χ4n) is 5.01. The number of β-amino-alcohol motifs (C(OH)–C–C–N with tert-alkyl or cyclic N) is 1. The van der Waals surface area contributed by atoms with Crippen molar-refractivity contribution in [1.82, 2.24) is 9.80 Å². The predicted molar refractivity (Wildman–Crippen MR) is 104 cm³/mol. The molecule has 3 aliphatic rings. The van der Waals surface area contributed by atoms with Crippen LogP contribution in [0.2, 0.25) is 0 Å². The second-order valence-corrected chi connectivity index (χ2v) is 8.86. The number of aliphatic hydroxyl groups is 1. The predicted octanol–water partition coefficient (Wildman–Crippen LogP) is 0.626. The minimum atomic E-state index is -1.18. The minimum absolute atomic E-state index is 0.0312. The maximum Gasteiger partial charge on any atom is 0.310 e. The van der Waals surface area contributed by atoms with Gasteiger partial charge in [0.25, 0.3) is 0 Å². The molecule has 8 nitrogen and oxygen atoms in total. The average Bonchev–Trinajstić information content (AvgIpc) is 3.23. The fraction of sp³-hybridized carbons (Fsp3) is 0.737. The molecule has 3 heterocycles. The molecule has 0 aromatic carbocycles. The molecule has 0 radical (unpaired) electrons. The fourth-order valence-corrected chi connectivity index (χ4v) is 5.95. The zero-order valence-corrected chi connectivity index (χ0v) is 17.5. The van der Waals surface area contributed by atoms with Gasteiger partial charge in [-0.15, -0.1) is 6.58 Å². The molecule has 2 bridgehead atoms. The van der Waals surface area contributed by atoms with Crippen LogP contribution < -0.4 is 0 Å². The van der Waals surface area contributed by atoms with Crippen LogP contribution in [0.3, 0.4) is 0 Å². The van der Waals surface area contributed by atoms with E-state index in [0.29, 0.717) is 19.5 Å². The van der Waals surface area contributed by atoms with E-state index in [1.807, 2.05) is 6.92 Å². The first kappa shape index (κ1) is 21.3. The van der Waals surface area contributed by atoms with E-state index in [2.05, 4.69) is 22.5 Å². The number of ether oxygens (including phenoxy) is 1. The molecule has 3 aliphatic heterocycles. The normalized spacial score (nSPS) is 35.9. The van der Waals surface area contributed by atoms with Crippen molar-refractivity contribution in [3.8, 4) is 0 Å². The molecule has 3 fully saturated rings. The molecule has 9 heteroatoms. The summed E-state index contributed by atoms with van der Waals surface area (Å²) in [5.74, 6) is -3.71. The van der Waals surface area contributed by atoms with Gasteiger partial charge in [0.1, 0.15) is 11.6 Å². The van der Waals surface area contributed by atoms with Gasteiger partial charge in [0, 0.05) is 24.5 Å². The Morgan fingerprint density at radius 2 is 2.21 bits per heavy atom. The number of unbranched alkanes of at least 4 members (excludes halogenated alkanes) is 1. The van der Waals surface area contributed by atoms with Crippen molar-refractivity contribution >= 4 is 33.7 Å². The number of carboxylic acid groups (broad SMARTS) is 1. The summed E-state index contributed by atoms with van der Waals surface area (Å²) in [7, 11) is 0. The molecular weight excluding hydrogens is 432 g/mol. The van der Waals surface area contributed by atoms with Crippen molar-refractivity contribution in [3.63, 3.8) is 0 Å². The lowest BCUT2D eigenvalue weighted by atomic mass is 9.70. The highest BCUT2D eigenvalue weighted by Gasteiger charge is 2.76. The molecule has 0 saturated carbocycles. The van der Waals surface area contributed by atoms with Gasteiger partial charge in [-0.25, -0.2) is 0 Å². The van der Waals surface area contributed by atoms with E-state index in [1.165, 1.54) is 4.90 Å². The minimum Gasteiger partial charge on any atom is -0.481 e. The number of aliphatic hydroxyl groups excluding tert-OH is 1. The highest BCUT2D eigenvalue weighted by molar-refractivity contribution is 9.09. The number of halogens is 1. The number of fused-ring (bicyclic) bond motifs is 1. The summed E-state index contributed by atoms with van der Waals surface area (Å²) in [6, 6.07) is -0.941. The summed E-state index contributed by atoms with van der Waals surface area (Å²) < 4.78 is 6.14. The van der Waals surface area contributed by atoms with E-state index >= 15 is 0 Å². The molecule has 6 atom stereocenters. The summed E-state index contributed by atoms with van der Waals surface area (Å²) in [6.45, 7) is 6.25. The summed E-state index contributed by atoms with van der Waals surface area (Å²) in [5, 5.41) is 19.2. The van der Waals surface area contributed by atoms with Crippen LogP contribution in [0, 0.1) is 11.8 Å². The Labute approximate surface area is 172 Å². The number of amides is 2. The molecular formula is C19H27BrN2O6. The molecule has 3 rings (SSSR count). The van der Waals surface area contributed by atoms with Crippen molar-refractivity contribution < 1.29 is 29.3 Å². The molecule has 0 aromatic heterocycles. The smallest absolute Gasteiger partial charge is 0.310 e. The Balaban J connectivity index is 2.02. The molecule has 0 aromatic rings. The van der Waals surface area contributed by atoms with Gasteiger partial charge in [-0.3, -0.25) is 14.4 Å². The van der Waals surface area contributed by atoms with Gasteiger partial charge < -0.3 is 24.7 Å². The molecule has 3 unspecified atom stereocenters. The SMILES string of the molecule is C=CCN(CCCC)C(=O)C1N(CCO)C(=O)[C@@H]2[C@@H](C(=O)O)[C@@H]3OC12CC3Br. The van der Waals surface area contributed by atoms with Crippen LogP contribution in [0.5, 0.6) is 0 Å². The summed E-state index contributed by atoms with van der Waals surface area (Å²) in [6.07, 6.45) is 3.07. The Bertz CT molecular complexity index is 673. The van der Waals surface area contributed by atoms with Gasteiger partial charge in [-0.05, 0) is 12.8 Å². The number of rotatable bonds is 9. The number of hydrogen-bond donors (Lipinski definition) is 2. The topological polar surface area (TPSA) is 107 Å². The number of nitrogens with zero attached hydrogens (tertiary/aromatic N) is 2. The van der Waals surface area contributed by atoms with Gasteiger partial charge in [-0.1, -0.05) is 35.4 Å². The van der Waals surface area contributed by atoms with E-state index in [-0.39, 0.29) is 23.9 Å². The third kappa shape index (κ3) is 3.07. The van der Waals surface area contributed by atoms with Crippen LogP contribution in [0.4, 0.5) is 0 Å². The van der Waals surface area contributed by atoms with Crippen LogP contribution >= 0.6 is 15.9 Å². The number of aliphatic carboxylic acids is 1. The summed E-state index contributed by atoms with van der Waals surface area (Å²) in [5.41, 5.74) is -1.18. The van der Waals surface area contributed by atoms with E-state index in [0.717, 1.165) is 12.8 Å². The van der Waals surface area contributed by atoms with Gasteiger partial charge in [0.05, 0.1) is 24.5 Å². The number of carbonyl (C=O) groups is 3. The second-order valence-electron chi connectivity index (χ2n) is 7.68. The highest BCUT2D eigenvalue weighted by atomic mass is 79.9. The second kappa shape index (κ2) is 8.12. The van der Waals surface area contributed by atoms with E-state index in [9.17, 15) is 24.6 Å². The summed E-state index contributed by atoms with van der Waals surface area (Å²) in [4.78, 5) is 41.3. The van der Waals surface area contributed by atoms with Crippen molar-refractivity contribution in [1.29, 1.82) is 0 Å². The Morgan fingerprint density at radius 3 is 2.79 bits per heavy atom. The molecule has 2 amide bonds. The third-order valence-electron chi connectivity index (χ3n) is 6.09. The van der Waals surface area contributed by atoms with Crippen LogP contribution in [0.25, 0.3) is 0 Å². The third-order valence-corrected chi connectivity index (χ3v) is 6.94. The number of hydrogen-bond acceptors (Lipinski definition) is 5. The zero-order valence-electron chi connectivity index (χ0n) is 15.9. The molecule has 28 heavy (non-hydrogen) atoms. The van der Waals surface area contributed by atoms with E-state index in [4.69, 9.17) is 4.74 Å². The van der Waals surface area contributed by atoms with Crippen LogP contribution in [0.1, 0.15) is 26.2 Å². The summed E-state index contributed by atoms with van der Waals surface area (Å²) >= 11 is 3.49. The van der Waals surface area contributed by atoms with Crippen molar-refractivity contribution in [3.05, 3.63) is 12.7 Å². The molecule has 2 N–H and O–H groups in total. The van der Waals surface area contributed by atoms with E-state index in [1.54, 1.807) is 11.0 Å². The first-order valence-electron chi connectivity index (χ1n) is 9.69. The number of likely N-dealkylation sites (tertiary alicyclic amines) is 1. The molecule has 156 valence electrons. The van der Waals surface area contributed by atoms with Gasteiger partial charge in [-0.2, -0.15) is 0 Å². The first-order valence-corrected chi connectivity index (χ1v) is 10.6. The molecule has 1 spiro atoms. The lowest BCUT2D eigenvalue weighted by molar-refractivity contribution is -0.151. The first-order chi connectivity index (χ1) is 13.3. The van der Waals surface area contributed by atoms with Crippen molar-refractivity contribution in [2.75, 3.05) is 26.2 Å². The molecule has 3 saturated heterocycles. The standard InChI is InChI=1S/C19H27BrN2O6/c1-3-5-7-21(6-4-2)17(25)15-19-10-11(20)14(28-19)12(18(26)27)13(19)16(24)22(15)8-9-23/h4,11-15,23H,2-3,5-10H2,1H3,(H,26,27)/t11?,12-,13+,14-,15?,19?/m1/s1.